The zero-order valence-corrected chi connectivity index (χ0v) is 10.7. The maximum Gasteiger partial charge on any atom is 0.225 e. The summed E-state index contributed by atoms with van der Waals surface area (Å²) in [4.78, 5) is 13.9. The molecule has 0 saturated heterocycles. The van der Waals surface area contributed by atoms with Crippen molar-refractivity contribution in [2.24, 2.45) is 11.7 Å². The van der Waals surface area contributed by atoms with E-state index in [0.29, 0.717) is 13.1 Å². The maximum atomic E-state index is 12.0. The highest BCUT2D eigenvalue weighted by atomic mass is 16.2. The summed E-state index contributed by atoms with van der Waals surface area (Å²) in [6, 6.07) is 10.1. The van der Waals surface area contributed by atoms with E-state index >= 15 is 0 Å². The van der Waals surface area contributed by atoms with Gasteiger partial charge in [0.2, 0.25) is 5.91 Å². The minimum Gasteiger partial charge on any atom is -0.338 e. The monoisotopic (exact) mass is 234 g/mol. The van der Waals surface area contributed by atoms with Crippen LogP contribution >= 0.6 is 0 Å². The smallest absolute Gasteiger partial charge is 0.225 e. The van der Waals surface area contributed by atoms with Crippen molar-refractivity contribution in [1.29, 1.82) is 0 Å². The second kappa shape index (κ2) is 7.07. The van der Waals surface area contributed by atoms with Crippen LogP contribution in [-0.2, 0) is 11.3 Å². The molecule has 0 spiro atoms. The fourth-order valence-corrected chi connectivity index (χ4v) is 1.72. The standard InChI is InChI=1S/C14H22N2O/c1-12(2)14(17)16(10-6-9-15)11-13-7-4-3-5-8-13/h3-5,7-8,12H,6,9-11,15H2,1-2H3. The van der Waals surface area contributed by atoms with Gasteiger partial charge in [0, 0.05) is 19.0 Å². The third-order valence-corrected chi connectivity index (χ3v) is 2.65. The van der Waals surface area contributed by atoms with Gasteiger partial charge in [-0.3, -0.25) is 4.79 Å². The van der Waals surface area contributed by atoms with E-state index in [-0.39, 0.29) is 11.8 Å². The molecule has 0 aromatic heterocycles. The molecule has 1 amide bonds. The van der Waals surface area contributed by atoms with E-state index in [1.807, 2.05) is 49.1 Å². The molecule has 0 atom stereocenters. The molecule has 17 heavy (non-hydrogen) atoms. The number of hydrogen-bond donors (Lipinski definition) is 1. The van der Waals surface area contributed by atoms with E-state index in [9.17, 15) is 4.79 Å². The van der Waals surface area contributed by atoms with Gasteiger partial charge in [0.05, 0.1) is 0 Å². The molecule has 0 heterocycles. The van der Waals surface area contributed by atoms with Crippen LogP contribution in [0.25, 0.3) is 0 Å². The van der Waals surface area contributed by atoms with Gasteiger partial charge in [0.25, 0.3) is 0 Å². The highest BCUT2D eigenvalue weighted by Gasteiger charge is 2.16. The van der Waals surface area contributed by atoms with Gasteiger partial charge in [0.1, 0.15) is 0 Å². The Balaban J connectivity index is 2.66. The lowest BCUT2D eigenvalue weighted by Crippen LogP contribution is -2.35. The second-order valence-electron chi connectivity index (χ2n) is 4.54. The lowest BCUT2D eigenvalue weighted by molar-refractivity contribution is -0.135. The predicted octanol–water partition coefficient (Wildman–Crippen LogP) is 2.02. The molecule has 0 aliphatic carbocycles. The van der Waals surface area contributed by atoms with Crippen LogP contribution in [0.15, 0.2) is 30.3 Å². The minimum absolute atomic E-state index is 0.0384. The van der Waals surface area contributed by atoms with Crippen molar-refractivity contribution in [2.75, 3.05) is 13.1 Å². The minimum atomic E-state index is 0.0384. The average molecular weight is 234 g/mol. The first kappa shape index (κ1) is 13.7. The Morgan fingerprint density at radius 2 is 1.94 bits per heavy atom. The van der Waals surface area contributed by atoms with Crippen molar-refractivity contribution in [2.45, 2.75) is 26.8 Å². The first-order chi connectivity index (χ1) is 8.15. The van der Waals surface area contributed by atoms with Crippen LogP contribution in [0, 0.1) is 5.92 Å². The van der Waals surface area contributed by atoms with Crippen LogP contribution in [0.4, 0.5) is 0 Å². The predicted molar refractivity (Wildman–Crippen MR) is 70.4 cm³/mol. The molecule has 0 saturated carbocycles. The Labute approximate surface area is 104 Å². The van der Waals surface area contributed by atoms with Crippen LogP contribution in [0.1, 0.15) is 25.8 Å². The SMILES string of the molecule is CC(C)C(=O)N(CCCN)Cc1ccccc1. The Hall–Kier alpha value is -1.35. The molecule has 0 aliphatic heterocycles. The van der Waals surface area contributed by atoms with Gasteiger partial charge in [-0.1, -0.05) is 44.2 Å². The van der Waals surface area contributed by atoms with Crippen LogP contribution in [-0.4, -0.2) is 23.9 Å². The molecular formula is C14H22N2O. The average Bonchev–Trinajstić information content (AvgIpc) is 2.34. The molecular weight excluding hydrogens is 212 g/mol. The Morgan fingerprint density at radius 3 is 2.47 bits per heavy atom. The van der Waals surface area contributed by atoms with Crippen LogP contribution in [0.2, 0.25) is 0 Å². The third kappa shape index (κ3) is 4.57. The summed E-state index contributed by atoms with van der Waals surface area (Å²) in [5.74, 6) is 0.235. The van der Waals surface area contributed by atoms with Crippen LogP contribution in [0.5, 0.6) is 0 Å². The zero-order valence-electron chi connectivity index (χ0n) is 10.7. The summed E-state index contributed by atoms with van der Waals surface area (Å²) in [6.07, 6.45) is 0.852. The van der Waals surface area contributed by atoms with Crippen molar-refractivity contribution in [1.82, 2.24) is 4.90 Å². The summed E-state index contributed by atoms with van der Waals surface area (Å²) < 4.78 is 0. The zero-order chi connectivity index (χ0) is 12.7. The van der Waals surface area contributed by atoms with E-state index in [2.05, 4.69) is 0 Å². The van der Waals surface area contributed by atoms with E-state index in [1.165, 1.54) is 5.56 Å². The van der Waals surface area contributed by atoms with Gasteiger partial charge in [-0.15, -0.1) is 0 Å². The van der Waals surface area contributed by atoms with Gasteiger partial charge in [-0.25, -0.2) is 0 Å². The number of carbonyl (C=O) groups excluding carboxylic acids is 1. The van der Waals surface area contributed by atoms with E-state index < -0.39 is 0 Å². The lowest BCUT2D eigenvalue weighted by atomic mass is 10.1. The number of hydrogen-bond acceptors (Lipinski definition) is 2. The largest absolute Gasteiger partial charge is 0.338 e. The summed E-state index contributed by atoms with van der Waals surface area (Å²) in [6.45, 7) is 5.91. The number of nitrogens with two attached hydrogens (primary N) is 1. The number of rotatable bonds is 6. The van der Waals surface area contributed by atoms with Crippen molar-refractivity contribution < 1.29 is 4.79 Å². The lowest BCUT2D eigenvalue weighted by Gasteiger charge is -2.24. The third-order valence-electron chi connectivity index (χ3n) is 2.65. The fourth-order valence-electron chi connectivity index (χ4n) is 1.72. The molecule has 0 bridgehead atoms. The summed E-state index contributed by atoms with van der Waals surface area (Å²) in [5.41, 5.74) is 6.67. The molecule has 3 heteroatoms. The normalized spacial score (nSPS) is 10.6. The summed E-state index contributed by atoms with van der Waals surface area (Å²) >= 11 is 0. The van der Waals surface area contributed by atoms with Crippen molar-refractivity contribution in [3.8, 4) is 0 Å². The van der Waals surface area contributed by atoms with Crippen molar-refractivity contribution in [3.05, 3.63) is 35.9 Å². The number of benzene rings is 1. The first-order valence-corrected chi connectivity index (χ1v) is 6.18. The van der Waals surface area contributed by atoms with Crippen molar-refractivity contribution >= 4 is 5.91 Å². The number of amides is 1. The number of nitrogens with zero attached hydrogens (tertiary/aromatic N) is 1. The fraction of sp³-hybridized carbons (Fsp3) is 0.500. The Morgan fingerprint density at radius 1 is 1.29 bits per heavy atom. The molecule has 1 aromatic carbocycles. The molecule has 94 valence electrons. The van der Waals surface area contributed by atoms with E-state index in [1.54, 1.807) is 0 Å². The van der Waals surface area contributed by atoms with E-state index in [0.717, 1.165) is 13.0 Å². The first-order valence-electron chi connectivity index (χ1n) is 6.18. The molecule has 1 aromatic rings. The highest BCUT2D eigenvalue weighted by Crippen LogP contribution is 2.09. The van der Waals surface area contributed by atoms with Crippen molar-refractivity contribution in [3.63, 3.8) is 0 Å². The van der Waals surface area contributed by atoms with Gasteiger partial charge >= 0.3 is 0 Å². The topological polar surface area (TPSA) is 46.3 Å². The van der Waals surface area contributed by atoms with Gasteiger partial charge < -0.3 is 10.6 Å². The molecule has 0 radical (unpaired) electrons. The molecule has 2 N–H and O–H groups in total. The van der Waals surface area contributed by atoms with Crippen LogP contribution < -0.4 is 5.73 Å². The van der Waals surface area contributed by atoms with Gasteiger partial charge in [0.15, 0.2) is 0 Å². The van der Waals surface area contributed by atoms with Crippen LogP contribution in [0.3, 0.4) is 0 Å². The van der Waals surface area contributed by atoms with Gasteiger partial charge in [-0.2, -0.15) is 0 Å². The highest BCUT2D eigenvalue weighted by molar-refractivity contribution is 5.78. The maximum absolute atomic E-state index is 12.0. The van der Waals surface area contributed by atoms with Gasteiger partial charge in [-0.05, 0) is 18.5 Å². The Bertz CT molecular complexity index is 335. The molecule has 0 unspecified atom stereocenters. The number of carbonyl (C=O) groups is 1. The Kier molecular flexibility index (Phi) is 5.70. The summed E-state index contributed by atoms with van der Waals surface area (Å²) in [7, 11) is 0. The molecule has 0 aliphatic rings. The molecule has 1 rings (SSSR count). The quantitative estimate of drug-likeness (QED) is 0.818. The molecule has 0 fully saturated rings. The second-order valence-corrected chi connectivity index (χ2v) is 4.54. The van der Waals surface area contributed by atoms with E-state index in [4.69, 9.17) is 5.73 Å². The summed E-state index contributed by atoms with van der Waals surface area (Å²) in [5, 5.41) is 0. The molecule has 3 nitrogen and oxygen atoms in total.